The molecular weight excluding hydrogens is 288 g/mol. The Hall–Kier alpha value is -2.14. The molecule has 0 radical (unpaired) electrons. The summed E-state index contributed by atoms with van der Waals surface area (Å²) in [6.07, 6.45) is 0.0590. The highest BCUT2D eigenvalue weighted by atomic mass is 19.2. The Balaban J connectivity index is 1.53. The number of halogens is 2. The van der Waals surface area contributed by atoms with E-state index in [0.717, 1.165) is 17.6 Å². The standard InChI is InChI=1S/C17H17F2NO2/c1-21-13-5-3-6-14(8-13)22-15-10-20(11-15)9-12-4-2-7-16(18)17(12)19/h2-8,15H,9-11H2,1H3. The molecule has 2 aromatic rings. The zero-order valence-electron chi connectivity index (χ0n) is 12.3. The molecular formula is C17H17F2NO2. The van der Waals surface area contributed by atoms with Gasteiger partial charge in [0.2, 0.25) is 0 Å². The van der Waals surface area contributed by atoms with Gasteiger partial charge < -0.3 is 9.47 Å². The van der Waals surface area contributed by atoms with Gasteiger partial charge in [0, 0.05) is 31.3 Å². The first-order chi connectivity index (χ1) is 10.7. The summed E-state index contributed by atoms with van der Waals surface area (Å²) < 4.78 is 37.7. The Morgan fingerprint density at radius 1 is 1.09 bits per heavy atom. The Labute approximate surface area is 128 Å². The van der Waals surface area contributed by atoms with Gasteiger partial charge in [-0.25, -0.2) is 8.78 Å². The molecule has 22 heavy (non-hydrogen) atoms. The van der Waals surface area contributed by atoms with Crippen molar-refractivity contribution in [1.82, 2.24) is 4.90 Å². The molecule has 0 unspecified atom stereocenters. The number of ether oxygens (including phenoxy) is 2. The maximum absolute atomic E-state index is 13.6. The van der Waals surface area contributed by atoms with E-state index < -0.39 is 11.6 Å². The SMILES string of the molecule is COc1cccc(OC2CN(Cc3cccc(F)c3F)C2)c1. The van der Waals surface area contributed by atoms with Gasteiger partial charge in [-0.3, -0.25) is 4.90 Å². The minimum absolute atomic E-state index is 0.0590. The first-order valence-electron chi connectivity index (χ1n) is 7.11. The van der Waals surface area contributed by atoms with E-state index in [0.29, 0.717) is 25.2 Å². The molecule has 0 amide bonds. The predicted molar refractivity (Wildman–Crippen MR) is 79.0 cm³/mol. The van der Waals surface area contributed by atoms with E-state index in [2.05, 4.69) is 0 Å². The van der Waals surface area contributed by atoms with Crippen LogP contribution in [0.3, 0.4) is 0 Å². The molecule has 0 aromatic heterocycles. The minimum atomic E-state index is -0.804. The van der Waals surface area contributed by atoms with E-state index in [1.807, 2.05) is 29.2 Å². The Kier molecular flexibility index (Phi) is 4.24. The second kappa shape index (κ2) is 6.32. The highest BCUT2D eigenvalue weighted by molar-refractivity contribution is 5.33. The van der Waals surface area contributed by atoms with Crippen molar-refractivity contribution in [2.24, 2.45) is 0 Å². The molecule has 1 saturated heterocycles. The summed E-state index contributed by atoms with van der Waals surface area (Å²) in [6.45, 7) is 1.77. The molecule has 0 atom stereocenters. The van der Waals surface area contributed by atoms with Crippen LogP contribution in [-0.4, -0.2) is 31.2 Å². The van der Waals surface area contributed by atoms with E-state index in [1.54, 1.807) is 13.2 Å². The highest BCUT2D eigenvalue weighted by Crippen LogP contribution is 2.24. The lowest BCUT2D eigenvalue weighted by Crippen LogP contribution is -2.53. The van der Waals surface area contributed by atoms with E-state index in [4.69, 9.17) is 9.47 Å². The van der Waals surface area contributed by atoms with Gasteiger partial charge in [-0.15, -0.1) is 0 Å². The maximum Gasteiger partial charge on any atom is 0.163 e. The fraction of sp³-hybridized carbons (Fsp3) is 0.294. The molecule has 1 fully saturated rings. The van der Waals surface area contributed by atoms with Crippen LogP contribution in [0.5, 0.6) is 11.5 Å². The van der Waals surface area contributed by atoms with E-state index >= 15 is 0 Å². The van der Waals surface area contributed by atoms with Crippen LogP contribution in [0.4, 0.5) is 8.78 Å². The Morgan fingerprint density at radius 2 is 1.82 bits per heavy atom. The molecule has 0 spiro atoms. The quantitative estimate of drug-likeness (QED) is 0.846. The van der Waals surface area contributed by atoms with Crippen molar-refractivity contribution in [3.05, 3.63) is 59.7 Å². The molecule has 2 aromatic carbocycles. The summed E-state index contributed by atoms with van der Waals surface area (Å²) in [7, 11) is 1.61. The number of hydrogen-bond donors (Lipinski definition) is 0. The van der Waals surface area contributed by atoms with E-state index in [1.165, 1.54) is 6.07 Å². The van der Waals surface area contributed by atoms with E-state index in [9.17, 15) is 8.78 Å². The molecule has 1 aliphatic rings. The van der Waals surface area contributed by atoms with Gasteiger partial charge in [0.15, 0.2) is 11.6 Å². The highest BCUT2D eigenvalue weighted by Gasteiger charge is 2.29. The van der Waals surface area contributed by atoms with Crippen LogP contribution >= 0.6 is 0 Å². The number of likely N-dealkylation sites (tertiary alicyclic amines) is 1. The third-order valence-corrected chi connectivity index (χ3v) is 3.69. The van der Waals surface area contributed by atoms with Crippen LogP contribution in [0, 0.1) is 11.6 Å². The second-order valence-electron chi connectivity index (χ2n) is 5.33. The van der Waals surface area contributed by atoms with Gasteiger partial charge in [-0.2, -0.15) is 0 Å². The van der Waals surface area contributed by atoms with Crippen LogP contribution in [-0.2, 0) is 6.54 Å². The average Bonchev–Trinajstić information content (AvgIpc) is 2.49. The molecule has 0 aliphatic carbocycles. The molecule has 3 rings (SSSR count). The molecule has 1 heterocycles. The molecule has 3 nitrogen and oxygen atoms in total. The topological polar surface area (TPSA) is 21.7 Å². The third kappa shape index (κ3) is 3.20. The fourth-order valence-electron chi connectivity index (χ4n) is 2.50. The normalized spacial score (nSPS) is 15.4. The van der Waals surface area contributed by atoms with Crippen molar-refractivity contribution in [3.63, 3.8) is 0 Å². The summed E-state index contributed by atoms with van der Waals surface area (Å²) in [6, 6.07) is 11.7. The second-order valence-corrected chi connectivity index (χ2v) is 5.33. The number of hydrogen-bond acceptors (Lipinski definition) is 3. The summed E-state index contributed by atoms with van der Waals surface area (Å²) in [4.78, 5) is 2.02. The third-order valence-electron chi connectivity index (χ3n) is 3.69. The van der Waals surface area contributed by atoms with E-state index in [-0.39, 0.29) is 6.10 Å². The summed E-state index contributed by atoms with van der Waals surface area (Å²) in [5.41, 5.74) is 0.375. The molecule has 5 heteroatoms. The number of nitrogens with zero attached hydrogens (tertiary/aromatic N) is 1. The molecule has 0 bridgehead atoms. The largest absolute Gasteiger partial charge is 0.497 e. The number of rotatable bonds is 5. The lowest BCUT2D eigenvalue weighted by Gasteiger charge is -2.39. The summed E-state index contributed by atoms with van der Waals surface area (Å²) in [5, 5.41) is 0. The maximum atomic E-state index is 13.6. The monoisotopic (exact) mass is 305 g/mol. The molecule has 116 valence electrons. The smallest absolute Gasteiger partial charge is 0.163 e. The van der Waals surface area contributed by atoms with Crippen LogP contribution in [0.25, 0.3) is 0 Å². The van der Waals surface area contributed by atoms with Crippen LogP contribution in [0.1, 0.15) is 5.56 Å². The van der Waals surface area contributed by atoms with Gasteiger partial charge in [0.25, 0.3) is 0 Å². The Morgan fingerprint density at radius 3 is 2.59 bits per heavy atom. The number of methoxy groups -OCH3 is 1. The first-order valence-corrected chi connectivity index (χ1v) is 7.11. The summed E-state index contributed by atoms with van der Waals surface area (Å²) >= 11 is 0. The lowest BCUT2D eigenvalue weighted by molar-refractivity contribution is 0.0137. The zero-order chi connectivity index (χ0) is 15.5. The molecule has 0 saturated carbocycles. The number of benzene rings is 2. The summed E-state index contributed by atoms with van der Waals surface area (Å²) in [5.74, 6) is -0.0710. The van der Waals surface area contributed by atoms with Crippen molar-refractivity contribution in [1.29, 1.82) is 0 Å². The van der Waals surface area contributed by atoms with Gasteiger partial charge in [0.1, 0.15) is 17.6 Å². The fourth-order valence-corrected chi connectivity index (χ4v) is 2.50. The van der Waals surface area contributed by atoms with Gasteiger partial charge in [-0.1, -0.05) is 18.2 Å². The molecule has 0 N–H and O–H groups in total. The lowest BCUT2D eigenvalue weighted by atomic mass is 10.1. The average molecular weight is 305 g/mol. The van der Waals surface area contributed by atoms with Crippen molar-refractivity contribution in [2.45, 2.75) is 12.6 Å². The van der Waals surface area contributed by atoms with Gasteiger partial charge in [0.05, 0.1) is 7.11 Å². The van der Waals surface area contributed by atoms with Gasteiger partial charge in [-0.05, 0) is 18.2 Å². The minimum Gasteiger partial charge on any atom is -0.497 e. The van der Waals surface area contributed by atoms with Crippen molar-refractivity contribution >= 4 is 0 Å². The van der Waals surface area contributed by atoms with Crippen LogP contribution in [0.2, 0.25) is 0 Å². The van der Waals surface area contributed by atoms with Crippen LogP contribution in [0.15, 0.2) is 42.5 Å². The van der Waals surface area contributed by atoms with Crippen molar-refractivity contribution in [2.75, 3.05) is 20.2 Å². The Bertz CT molecular complexity index is 657. The molecule has 1 aliphatic heterocycles. The van der Waals surface area contributed by atoms with Crippen molar-refractivity contribution < 1.29 is 18.3 Å². The predicted octanol–water partition coefficient (Wildman–Crippen LogP) is 3.24. The van der Waals surface area contributed by atoms with Gasteiger partial charge >= 0.3 is 0 Å². The van der Waals surface area contributed by atoms with Crippen molar-refractivity contribution in [3.8, 4) is 11.5 Å². The zero-order valence-corrected chi connectivity index (χ0v) is 12.3. The first kappa shape index (κ1) is 14.8. The van der Waals surface area contributed by atoms with Crippen LogP contribution < -0.4 is 9.47 Å².